The number of hydrogen-bond donors (Lipinski definition) is 1. The molecular weight excluding hydrogens is 146 g/mol. The van der Waals surface area contributed by atoms with E-state index >= 15 is 0 Å². The highest BCUT2D eigenvalue weighted by molar-refractivity contribution is 5.35. The monoisotopic (exact) mass is 152 g/mol. The van der Waals surface area contributed by atoms with Gasteiger partial charge in [-0.3, -0.25) is 10.1 Å². The van der Waals surface area contributed by atoms with Crippen molar-refractivity contribution in [1.29, 1.82) is 0 Å². The number of hydrogen-bond acceptors (Lipinski definition) is 3. The summed E-state index contributed by atoms with van der Waals surface area (Å²) in [6, 6.07) is 0. The van der Waals surface area contributed by atoms with Crippen LogP contribution in [0.2, 0.25) is 0 Å². The van der Waals surface area contributed by atoms with E-state index in [1.807, 2.05) is 0 Å². The summed E-state index contributed by atoms with van der Waals surface area (Å²) in [6.07, 6.45) is 5.07. The van der Waals surface area contributed by atoms with Crippen molar-refractivity contribution in [3.8, 4) is 0 Å². The molecule has 1 aliphatic carbocycles. The Bertz CT molecular complexity index is 286. The smallest absolute Gasteiger partial charge is 0.380 e. The molecule has 0 unspecified atom stereocenters. The third kappa shape index (κ3) is 1.25. The average Bonchev–Trinajstić information content (AvgIpc) is 1.94. The second-order valence-electron chi connectivity index (χ2n) is 2.09. The lowest BCUT2D eigenvalue weighted by Gasteiger charge is -1.92. The van der Waals surface area contributed by atoms with E-state index in [9.17, 15) is 10.1 Å². The third-order valence-corrected chi connectivity index (χ3v) is 1.40. The molecular formula is C7H6NO3+. The first-order valence-electron chi connectivity index (χ1n) is 2.97. The van der Waals surface area contributed by atoms with Crippen LogP contribution in [0.4, 0.5) is 0 Å². The summed E-state index contributed by atoms with van der Waals surface area (Å²) < 4.78 is 0. The van der Waals surface area contributed by atoms with Gasteiger partial charge in [-0.1, -0.05) is 0 Å². The molecule has 0 saturated carbocycles. The molecule has 11 heavy (non-hydrogen) atoms. The van der Waals surface area contributed by atoms with E-state index in [0.29, 0.717) is 0 Å². The van der Waals surface area contributed by atoms with Crippen LogP contribution in [0.25, 0.3) is 0 Å². The summed E-state index contributed by atoms with van der Waals surface area (Å²) in [4.78, 5) is 9.72. The average molecular weight is 152 g/mol. The Balaban J connectivity index is 3.14. The molecule has 0 saturated heterocycles. The number of aliphatic hydroxyl groups is 1. The summed E-state index contributed by atoms with van der Waals surface area (Å²) in [7, 11) is 0. The number of nitrogens with zero attached hydrogens (tertiary/aromatic N) is 1. The van der Waals surface area contributed by atoms with Crippen molar-refractivity contribution in [3.63, 3.8) is 0 Å². The summed E-state index contributed by atoms with van der Waals surface area (Å²) >= 11 is 0. The van der Waals surface area contributed by atoms with Crippen LogP contribution in [-0.2, 0) is 0 Å². The fourth-order valence-electron chi connectivity index (χ4n) is 0.752. The zero-order valence-electron chi connectivity index (χ0n) is 5.87. The molecule has 1 N–H and O–H groups in total. The molecule has 0 heterocycles. The van der Waals surface area contributed by atoms with Crippen LogP contribution in [0.15, 0.2) is 29.2 Å². The van der Waals surface area contributed by atoms with Crippen LogP contribution in [0.3, 0.4) is 0 Å². The normalized spacial score (nSPS) is 15.9. The standard InChI is InChI=1S/C7H5NO3/c1-5-6(8(10)11)3-2-4-7(5)9/h2-3H,1H3/p+1. The molecule has 0 bridgehead atoms. The Kier molecular flexibility index (Phi) is 1.70. The fraction of sp³-hybridized carbons (Fsp3) is 0.143. The summed E-state index contributed by atoms with van der Waals surface area (Å²) in [6.45, 7) is 1.48. The maximum absolute atomic E-state index is 10.3. The Hall–Kier alpha value is -1.67. The molecule has 0 aromatic heterocycles. The minimum atomic E-state index is -0.539. The lowest BCUT2D eigenvalue weighted by atomic mass is 10.1. The van der Waals surface area contributed by atoms with Gasteiger partial charge in [-0.2, -0.15) is 0 Å². The van der Waals surface area contributed by atoms with Crippen LogP contribution in [0, 0.1) is 16.2 Å². The number of rotatable bonds is 1. The molecule has 4 heteroatoms. The summed E-state index contributed by atoms with van der Waals surface area (Å²) in [5.74, 6) is -0.167. The second kappa shape index (κ2) is 2.52. The van der Waals surface area contributed by atoms with Crippen LogP contribution in [-0.4, -0.2) is 10.0 Å². The van der Waals surface area contributed by atoms with E-state index in [1.54, 1.807) is 0 Å². The molecule has 0 aromatic carbocycles. The summed E-state index contributed by atoms with van der Waals surface area (Å²) in [5, 5.41) is 19.2. The zero-order chi connectivity index (χ0) is 8.43. The Morgan fingerprint density at radius 1 is 1.73 bits per heavy atom. The first kappa shape index (κ1) is 7.44. The van der Waals surface area contributed by atoms with Gasteiger partial charge >= 0.3 is 5.70 Å². The number of aliphatic hydroxyl groups excluding tert-OH is 1. The van der Waals surface area contributed by atoms with Crippen LogP contribution in [0.5, 0.6) is 0 Å². The van der Waals surface area contributed by atoms with E-state index in [1.165, 1.54) is 19.1 Å². The predicted octanol–water partition coefficient (Wildman–Crippen LogP) is 1.35. The van der Waals surface area contributed by atoms with Gasteiger partial charge in [-0.15, -0.1) is 0 Å². The topological polar surface area (TPSA) is 63.4 Å². The van der Waals surface area contributed by atoms with Gasteiger partial charge in [0, 0.05) is 6.92 Å². The number of allylic oxidation sites excluding steroid dienone is 4. The fourth-order valence-corrected chi connectivity index (χ4v) is 0.752. The van der Waals surface area contributed by atoms with Crippen molar-refractivity contribution in [1.82, 2.24) is 0 Å². The highest BCUT2D eigenvalue weighted by Crippen LogP contribution is 2.17. The van der Waals surface area contributed by atoms with Gasteiger partial charge < -0.3 is 5.11 Å². The lowest BCUT2D eigenvalue weighted by molar-refractivity contribution is -0.420. The van der Waals surface area contributed by atoms with E-state index in [2.05, 4.69) is 6.08 Å². The van der Waals surface area contributed by atoms with Crippen molar-refractivity contribution < 1.29 is 10.0 Å². The Morgan fingerprint density at radius 3 is 2.82 bits per heavy atom. The van der Waals surface area contributed by atoms with Crippen LogP contribution < -0.4 is 0 Å². The predicted molar refractivity (Wildman–Crippen MR) is 38.2 cm³/mol. The lowest BCUT2D eigenvalue weighted by Crippen LogP contribution is -2.03. The van der Waals surface area contributed by atoms with E-state index in [4.69, 9.17) is 5.11 Å². The minimum absolute atomic E-state index is 0.0822. The molecule has 0 aromatic rings. The van der Waals surface area contributed by atoms with Crippen molar-refractivity contribution in [2.75, 3.05) is 0 Å². The van der Waals surface area contributed by atoms with Gasteiger partial charge in [0.25, 0.3) is 5.76 Å². The van der Waals surface area contributed by atoms with Crippen molar-refractivity contribution in [3.05, 3.63) is 45.4 Å². The van der Waals surface area contributed by atoms with Crippen LogP contribution in [0.1, 0.15) is 6.92 Å². The van der Waals surface area contributed by atoms with Gasteiger partial charge in [0.15, 0.2) is 5.57 Å². The molecule has 0 atom stereocenters. The van der Waals surface area contributed by atoms with E-state index in [-0.39, 0.29) is 17.0 Å². The van der Waals surface area contributed by atoms with Gasteiger partial charge in [-0.25, -0.2) is 0 Å². The molecule has 56 valence electrons. The Morgan fingerprint density at radius 2 is 2.36 bits per heavy atom. The molecule has 0 radical (unpaired) electrons. The Labute approximate surface area is 63.3 Å². The molecule has 0 aliphatic heterocycles. The second-order valence-corrected chi connectivity index (χ2v) is 2.09. The van der Waals surface area contributed by atoms with Crippen LogP contribution >= 0.6 is 0 Å². The van der Waals surface area contributed by atoms with Crippen molar-refractivity contribution >= 4 is 0 Å². The van der Waals surface area contributed by atoms with Crippen molar-refractivity contribution in [2.24, 2.45) is 0 Å². The molecule has 0 spiro atoms. The minimum Gasteiger partial charge on any atom is -0.481 e. The highest BCUT2D eigenvalue weighted by Gasteiger charge is 2.26. The molecule has 4 nitrogen and oxygen atoms in total. The summed E-state index contributed by atoms with van der Waals surface area (Å²) in [5.41, 5.74) is 0.166. The third-order valence-electron chi connectivity index (χ3n) is 1.40. The molecule has 1 rings (SSSR count). The molecule has 1 aliphatic rings. The highest BCUT2D eigenvalue weighted by atomic mass is 16.6. The maximum Gasteiger partial charge on any atom is 0.380 e. The van der Waals surface area contributed by atoms with E-state index in [0.717, 1.165) is 0 Å². The van der Waals surface area contributed by atoms with Gasteiger partial charge in [-0.05, 0) is 0 Å². The first-order valence-corrected chi connectivity index (χ1v) is 2.97. The SMILES string of the molecule is CC1=C([N+](=O)[O-])C=C[C+]=C1O. The van der Waals surface area contributed by atoms with Gasteiger partial charge in [0.2, 0.25) is 0 Å². The zero-order valence-corrected chi connectivity index (χ0v) is 5.87. The molecule has 0 fully saturated rings. The first-order chi connectivity index (χ1) is 5.13. The van der Waals surface area contributed by atoms with Crippen molar-refractivity contribution in [2.45, 2.75) is 6.92 Å². The van der Waals surface area contributed by atoms with E-state index < -0.39 is 4.92 Å². The van der Waals surface area contributed by atoms with Gasteiger partial charge in [0.1, 0.15) is 12.2 Å². The number of nitro groups is 1. The largest absolute Gasteiger partial charge is 0.481 e. The quantitative estimate of drug-likeness (QED) is 0.350. The van der Waals surface area contributed by atoms with Gasteiger partial charge in [0.05, 0.1) is 11.0 Å². The maximum atomic E-state index is 10.3. The molecule has 0 amide bonds.